The molecule has 3 heterocycles. The Hall–Kier alpha value is -3.83. The van der Waals surface area contributed by atoms with Crippen molar-refractivity contribution >= 4 is 40.6 Å². The van der Waals surface area contributed by atoms with E-state index >= 15 is 0 Å². The number of aromatic nitrogens is 2. The van der Waals surface area contributed by atoms with Crippen LogP contribution >= 0.6 is 11.5 Å². The minimum atomic E-state index is -1.04. The molecule has 11 heteroatoms. The van der Waals surface area contributed by atoms with E-state index in [1.54, 1.807) is 24.5 Å². The van der Waals surface area contributed by atoms with Crippen LogP contribution < -0.4 is 21.3 Å². The van der Waals surface area contributed by atoms with Gasteiger partial charge in [0.1, 0.15) is 10.9 Å². The second-order valence-corrected chi connectivity index (χ2v) is 11.9. The molecule has 5 rings (SSSR count). The van der Waals surface area contributed by atoms with E-state index in [-0.39, 0.29) is 40.2 Å². The molecule has 42 heavy (non-hydrogen) atoms. The molecule has 0 bridgehead atoms. The highest BCUT2D eigenvalue weighted by Gasteiger charge is 2.37. The van der Waals surface area contributed by atoms with Gasteiger partial charge in [0.15, 0.2) is 5.69 Å². The van der Waals surface area contributed by atoms with Gasteiger partial charge < -0.3 is 21.1 Å². The van der Waals surface area contributed by atoms with Crippen molar-refractivity contribution in [2.45, 2.75) is 77.0 Å². The number of aryl methyl sites for hydroxylation is 2. The molecular formula is C31H38N6O4S. The molecule has 0 radical (unpaired) electrons. The van der Waals surface area contributed by atoms with Crippen molar-refractivity contribution in [1.82, 2.24) is 20.0 Å². The Labute approximate surface area is 250 Å². The number of rotatable bonds is 9. The molecule has 0 spiro atoms. The second kappa shape index (κ2) is 13.4. The zero-order valence-electron chi connectivity index (χ0n) is 24.1. The third-order valence-electron chi connectivity index (χ3n) is 7.98. The SMILES string of the molecule is Cc1ccc(C)c(N(C(=O)c2snc(C(=O)NC3CCCCC3)c2N)C(C(=O)NCC2CCCO2)c2ccncc2)c1. The Morgan fingerprint density at radius 2 is 1.83 bits per heavy atom. The third kappa shape index (κ3) is 6.63. The van der Waals surface area contributed by atoms with E-state index in [0.717, 1.165) is 67.6 Å². The number of ether oxygens (including phenoxy) is 1. The molecule has 2 fully saturated rings. The van der Waals surface area contributed by atoms with E-state index in [2.05, 4.69) is 20.0 Å². The van der Waals surface area contributed by atoms with Gasteiger partial charge in [0.2, 0.25) is 5.91 Å². The molecule has 1 saturated heterocycles. The van der Waals surface area contributed by atoms with Crippen molar-refractivity contribution < 1.29 is 19.1 Å². The third-order valence-corrected chi connectivity index (χ3v) is 8.83. The summed E-state index contributed by atoms with van der Waals surface area (Å²) in [7, 11) is 0. The molecule has 2 unspecified atom stereocenters. The van der Waals surface area contributed by atoms with Crippen LogP contribution in [0.3, 0.4) is 0 Å². The average Bonchev–Trinajstić information content (AvgIpc) is 3.66. The van der Waals surface area contributed by atoms with Crippen LogP contribution in [0.4, 0.5) is 11.4 Å². The molecule has 222 valence electrons. The van der Waals surface area contributed by atoms with Crippen molar-refractivity contribution in [3.8, 4) is 0 Å². The Kier molecular flexibility index (Phi) is 9.48. The first kappa shape index (κ1) is 29.7. The summed E-state index contributed by atoms with van der Waals surface area (Å²) in [4.78, 5) is 47.3. The van der Waals surface area contributed by atoms with Gasteiger partial charge in [-0.25, -0.2) is 0 Å². The Balaban J connectivity index is 1.52. The molecule has 4 N–H and O–H groups in total. The highest BCUT2D eigenvalue weighted by atomic mass is 32.1. The van der Waals surface area contributed by atoms with Crippen molar-refractivity contribution in [2.75, 3.05) is 23.8 Å². The van der Waals surface area contributed by atoms with E-state index in [1.807, 2.05) is 32.0 Å². The number of pyridine rings is 1. The van der Waals surface area contributed by atoms with Crippen LogP contribution in [0, 0.1) is 13.8 Å². The van der Waals surface area contributed by atoms with Crippen LogP contribution in [0.1, 0.15) is 87.8 Å². The van der Waals surface area contributed by atoms with E-state index < -0.39 is 11.9 Å². The van der Waals surface area contributed by atoms with Gasteiger partial charge in [0.25, 0.3) is 11.8 Å². The predicted octanol–water partition coefficient (Wildman–Crippen LogP) is 4.48. The number of anilines is 2. The first-order chi connectivity index (χ1) is 20.3. The monoisotopic (exact) mass is 590 g/mol. The van der Waals surface area contributed by atoms with Crippen LogP contribution in [0.15, 0.2) is 42.7 Å². The Morgan fingerprint density at radius 3 is 2.55 bits per heavy atom. The van der Waals surface area contributed by atoms with Gasteiger partial charge >= 0.3 is 0 Å². The molecule has 10 nitrogen and oxygen atoms in total. The normalized spacial score (nSPS) is 17.9. The van der Waals surface area contributed by atoms with Crippen LogP contribution in [0.2, 0.25) is 0 Å². The lowest BCUT2D eigenvalue weighted by Crippen LogP contribution is -2.46. The summed E-state index contributed by atoms with van der Waals surface area (Å²) in [5.41, 5.74) is 9.40. The van der Waals surface area contributed by atoms with Crippen molar-refractivity contribution in [3.05, 3.63) is 70.0 Å². The number of carbonyl (C=O) groups excluding carboxylic acids is 3. The zero-order chi connectivity index (χ0) is 29.6. The fourth-order valence-corrected chi connectivity index (χ4v) is 6.39. The first-order valence-electron chi connectivity index (χ1n) is 14.6. The number of carbonyl (C=O) groups is 3. The maximum atomic E-state index is 14.5. The molecule has 1 aliphatic heterocycles. The number of nitrogens with zero attached hydrogens (tertiary/aromatic N) is 3. The number of amides is 3. The summed E-state index contributed by atoms with van der Waals surface area (Å²) in [5, 5.41) is 6.04. The number of nitrogens with one attached hydrogen (secondary N) is 2. The summed E-state index contributed by atoms with van der Waals surface area (Å²) < 4.78 is 10.0. The number of nitrogen functional groups attached to an aromatic ring is 1. The topological polar surface area (TPSA) is 140 Å². The van der Waals surface area contributed by atoms with Crippen LogP contribution in [0.5, 0.6) is 0 Å². The van der Waals surface area contributed by atoms with Crippen molar-refractivity contribution in [2.24, 2.45) is 0 Å². The maximum Gasteiger partial charge on any atom is 0.273 e. The van der Waals surface area contributed by atoms with E-state index in [9.17, 15) is 14.4 Å². The zero-order valence-corrected chi connectivity index (χ0v) is 24.9. The predicted molar refractivity (Wildman–Crippen MR) is 163 cm³/mol. The van der Waals surface area contributed by atoms with Gasteiger partial charge in [-0.3, -0.25) is 24.3 Å². The standard InChI is InChI=1S/C31H38N6O4S/c1-19-10-11-20(2)24(17-19)37(27(21-12-14-33-15-13-21)30(39)34-18-23-9-6-16-41-23)31(40)28-25(32)26(36-42-28)29(38)35-22-7-4-3-5-8-22/h10-15,17,22-23,27H,3-9,16,18,32H2,1-2H3,(H,34,39)(H,35,38). The highest BCUT2D eigenvalue weighted by Crippen LogP contribution is 2.35. The Bertz CT molecular complexity index is 1420. The van der Waals surface area contributed by atoms with Crippen molar-refractivity contribution in [1.29, 1.82) is 0 Å². The number of hydrogen-bond acceptors (Lipinski definition) is 8. The summed E-state index contributed by atoms with van der Waals surface area (Å²) in [6.07, 6.45) is 10.1. The lowest BCUT2D eigenvalue weighted by molar-refractivity contribution is -0.123. The maximum absolute atomic E-state index is 14.5. The van der Waals surface area contributed by atoms with Crippen LogP contribution in [-0.4, -0.2) is 52.4 Å². The molecule has 2 aliphatic rings. The van der Waals surface area contributed by atoms with Gasteiger partial charge in [-0.05, 0) is 86.0 Å². The van der Waals surface area contributed by atoms with Gasteiger partial charge in [-0.1, -0.05) is 31.4 Å². The van der Waals surface area contributed by atoms with Crippen molar-refractivity contribution in [3.63, 3.8) is 0 Å². The molecule has 3 amide bonds. The summed E-state index contributed by atoms with van der Waals surface area (Å²) in [6.45, 7) is 4.83. The van der Waals surface area contributed by atoms with E-state index in [0.29, 0.717) is 24.4 Å². The van der Waals surface area contributed by atoms with Crippen LogP contribution in [0.25, 0.3) is 0 Å². The number of hydrogen-bond donors (Lipinski definition) is 3. The molecular weight excluding hydrogens is 552 g/mol. The molecule has 3 aromatic rings. The lowest BCUT2D eigenvalue weighted by atomic mass is 9.95. The largest absolute Gasteiger partial charge is 0.395 e. The highest BCUT2D eigenvalue weighted by molar-refractivity contribution is 7.09. The van der Waals surface area contributed by atoms with Gasteiger partial charge in [-0.2, -0.15) is 4.37 Å². The summed E-state index contributed by atoms with van der Waals surface area (Å²) in [5.74, 6) is -1.25. The number of nitrogens with two attached hydrogens (primary N) is 1. The van der Waals surface area contributed by atoms with Gasteiger partial charge in [0, 0.05) is 37.3 Å². The number of benzene rings is 1. The summed E-state index contributed by atoms with van der Waals surface area (Å²) >= 11 is 0.875. The minimum Gasteiger partial charge on any atom is -0.395 e. The quantitative estimate of drug-likeness (QED) is 0.334. The van der Waals surface area contributed by atoms with Crippen LogP contribution in [-0.2, 0) is 9.53 Å². The molecule has 2 aromatic heterocycles. The summed E-state index contributed by atoms with van der Waals surface area (Å²) in [6, 6.07) is 8.22. The minimum absolute atomic E-state index is 0.0156. The first-order valence-corrected chi connectivity index (χ1v) is 15.4. The van der Waals surface area contributed by atoms with Gasteiger partial charge in [0.05, 0.1) is 11.8 Å². The molecule has 1 aromatic carbocycles. The molecule has 1 saturated carbocycles. The smallest absolute Gasteiger partial charge is 0.273 e. The van der Waals surface area contributed by atoms with E-state index in [1.165, 1.54) is 4.90 Å². The lowest BCUT2D eigenvalue weighted by Gasteiger charge is -2.32. The Morgan fingerprint density at radius 1 is 1.07 bits per heavy atom. The average molecular weight is 591 g/mol. The fourth-order valence-electron chi connectivity index (χ4n) is 5.65. The fraction of sp³-hybridized carbons (Fsp3) is 0.452. The second-order valence-electron chi connectivity index (χ2n) is 11.1. The molecule has 1 aliphatic carbocycles. The van der Waals surface area contributed by atoms with Gasteiger partial charge in [-0.15, -0.1) is 0 Å². The molecule has 2 atom stereocenters. The van der Waals surface area contributed by atoms with E-state index in [4.69, 9.17) is 10.5 Å².